The summed E-state index contributed by atoms with van der Waals surface area (Å²) in [5.41, 5.74) is 1.25. The summed E-state index contributed by atoms with van der Waals surface area (Å²) >= 11 is 5.75. The van der Waals surface area contributed by atoms with E-state index in [0.717, 1.165) is 11.6 Å². The molecule has 0 fully saturated rings. The summed E-state index contributed by atoms with van der Waals surface area (Å²) in [5.74, 6) is -1.18. The first-order chi connectivity index (χ1) is 8.15. The molecule has 2 aromatic carbocycles. The molecule has 0 heterocycles. The number of hydrogen-bond acceptors (Lipinski definition) is 1. The predicted octanol–water partition coefficient (Wildman–Crippen LogP) is 4.23. The highest BCUT2D eigenvalue weighted by atomic mass is 35.5. The second-order valence-electron chi connectivity index (χ2n) is 3.60. The Balaban J connectivity index is 2.04. The maximum absolute atomic E-state index is 13.3. The Bertz CT molecular complexity index is 511. The van der Waals surface area contributed by atoms with Gasteiger partial charge in [-0.3, -0.25) is 0 Å². The molecule has 0 radical (unpaired) electrons. The number of benzene rings is 2. The highest BCUT2D eigenvalue weighted by Gasteiger charge is 2.02. The standard InChI is InChI=1S/C13H10ClF2N/c14-10-3-1-9(2-4-10)8-17-13-6-5-11(15)7-12(13)16/h1-7,17H,8H2. The van der Waals surface area contributed by atoms with Gasteiger partial charge in [-0.15, -0.1) is 0 Å². The average Bonchev–Trinajstić information content (AvgIpc) is 2.30. The van der Waals surface area contributed by atoms with E-state index in [1.807, 2.05) is 12.1 Å². The van der Waals surface area contributed by atoms with Crippen molar-refractivity contribution in [3.05, 3.63) is 64.7 Å². The smallest absolute Gasteiger partial charge is 0.149 e. The van der Waals surface area contributed by atoms with Gasteiger partial charge in [-0.05, 0) is 29.8 Å². The first kappa shape index (κ1) is 11.9. The van der Waals surface area contributed by atoms with Crippen LogP contribution in [0, 0.1) is 11.6 Å². The average molecular weight is 254 g/mol. The number of rotatable bonds is 3. The van der Waals surface area contributed by atoms with Crippen LogP contribution in [0.5, 0.6) is 0 Å². The van der Waals surface area contributed by atoms with Gasteiger partial charge in [0.05, 0.1) is 5.69 Å². The van der Waals surface area contributed by atoms with Gasteiger partial charge in [-0.2, -0.15) is 0 Å². The van der Waals surface area contributed by atoms with Gasteiger partial charge < -0.3 is 5.32 Å². The van der Waals surface area contributed by atoms with E-state index in [2.05, 4.69) is 5.32 Å². The maximum atomic E-state index is 13.3. The number of nitrogens with one attached hydrogen (secondary N) is 1. The van der Waals surface area contributed by atoms with E-state index in [1.165, 1.54) is 12.1 Å². The third-order valence-corrected chi connectivity index (χ3v) is 2.58. The summed E-state index contributed by atoms with van der Waals surface area (Å²) in [4.78, 5) is 0. The van der Waals surface area contributed by atoms with Crippen LogP contribution in [-0.4, -0.2) is 0 Å². The van der Waals surface area contributed by atoms with Gasteiger partial charge in [-0.25, -0.2) is 8.78 Å². The fraction of sp³-hybridized carbons (Fsp3) is 0.0769. The summed E-state index contributed by atoms with van der Waals surface area (Å²) < 4.78 is 26.0. The summed E-state index contributed by atoms with van der Waals surface area (Å²) in [6.07, 6.45) is 0. The minimum Gasteiger partial charge on any atom is -0.379 e. The predicted molar refractivity (Wildman–Crippen MR) is 65.1 cm³/mol. The van der Waals surface area contributed by atoms with Gasteiger partial charge >= 0.3 is 0 Å². The second-order valence-corrected chi connectivity index (χ2v) is 4.04. The molecule has 1 nitrogen and oxygen atoms in total. The van der Waals surface area contributed by atoms with Crippen molar-refractivity contribution in [3.8, 4) is 0 Å². The molecule has 88 valence electrons. The van der Waals surface area contributed by atoms with Crippen LogP contribution in [0.2, 0.25) is 5.02 Å². The zero-order valence-corrected chi connectivity index (χ0v) is 9.64. The molecule has 0 bridgehead atoms. The Labute approximate surface area is 103 Å². The van der Waals surface area contributed by atoms with Crippen LogP contribution in [0.4, 0.5) is 14.5 Å². The number of anilines is 1. The van der Waals surface area contributed by atoms with Crippen molar-refractivity contribution in [3.63, 3.8) is 0 Å². The SMILES string of the molecule is Fc1ccc(NCc2ccc(Cl)cc2)c(F)c1. The molecule has 0 spiro atoms. The molecular weight excluding hydrogens is 244 g/mol. The van der Waals surface area contributed by atoms with Crippen LogP contribution >= 0.6 is 11.6 Å². The molecular formula is C13H10ClF2N. The Kier molecular flexibility index (Phi) is 3.59. The molecule has 1 N–H and O–H groups in total. The Hall–Kier alpha value is -1.61. The van der Waals surface area contributed by atoms with E-state index >= 15 is 0 Å². The number of hydrogen-bond donors (Lipinski definition) is 1. The lowest BCUT2D eigenvalue weighted by Crippen LogP contribution is -2.01. The van der Waals surface area contributed by atoms with Crippen LogP contribution in [-0.2, 0) is 6.54 Å². The third-order valence-electron chi connectivity index (χ3n) is 2.33. The molecule has 0 saturated carbocycles. The lowest BCUT2D eigenvalue weighted by atomic mass is 10.2. The van der Waals surface area contributed by atoms with Crippen molar-refractivity contribution < 1.29 is 8.78 Å². The Morgan fingerprint density at radius 2 is 1.71 bits per heavy atom. The van der Waals surface area contributed by atoms with Crippen LogP contribution in [0.15, 0.2) is 42.5 Å². The molecule has 0 aliphatic rings. The first-order valence-corrected chi connectivity index (χ1v) is 5.46. The monoisotopic (exact) mass is 253 g/mol. The van der Waals surface area contributed by atoms with Crippen molar-refractivity contribution in [2.24, 2.45) is 0 Å². The molecule has 2 rings (SSSR count). The summed E-state index contributed by atoms with van der Waals surface area (Å²) in [6.45, 7) is 0.458. The van der Waals surface area contributed by atoms with Gasteiger partial charge in [0.1, 0.15) is 11.6 Å². The summed E-state index contributed by atoms with van der Waals surface area (Å²) in [5, 5.41) is 3.55. The van der Waals surface area contributed by atoms with Crippen molar-refractivity contribution in [1.82, 2.24) is 0 Å². The highest BCUT2D eigenvalue weighted by molar-refractivity contribution is 6.30. The second kappa shape index (κ2) is 5.15. The molecule has 0 aliphatic carbocycles. The summed E-state index contributed by atoms with van der Waals surface area (Å²) in [6, 6.07) is 10.7. The van der Waals surface area contributed by atoms with Gasteiger partial charge in [0.15, 0.2) is 0 Å². The molecule has 0 amide bonds. The quantitative estimate of drug-likeness (QED) is 0.863. The van der Waals surface area contributed by atoms with E-state index in [4.69, 9.17) is 11.6 Å². The zero-order chi connectivity index (χ0) is 12.3. The lowest BCUT2D eigenvalue weighted by Gasteiger charge is -2.07. The molecule has 0 unspecified atom stereocenters. The van der Waals surface area contributed by atoms with Crippen LogP contribution in [0.3, 0.4) is 0 Å². The van der Waals surface area contributed by atoms with Crippen LogP contribution in [0.25, 0.3) is 0 Å². The van der Waals surface area contributed by atoms with Gasteiger partial charge in [0.2, 0.25) is 0 Å². The zero-order valence-electron chi connectivity index (χ0n) is 8.88. The van der Waals surface area contributed by atoms with E-state index in [9.17, 15) is 8.78 Å². The Morgan fingerprint density at radius 1 is 1.00 bits per heavy atom. The van der Waals surface area contributed by atoms with E-state index < -0.39 is 11.6 Å². The molecule has 0 aliphatic heterocycles. The maximum Gasteiger partial charge on any atom is 0.149 e. The molecule has 2 aromatic rings. The van der Waals surface area contributed by atoms with Crippen molar-refractivity contribution >= 4 is 17.3 Å². The topological polar surface area (TPSA) is 12.0 Å². The van der Waals surface area contributed by atoms with Gasteiger partial charge in [0, 0.05) is 17.6 Å². The van der Waals surface area contributed by atoms with Gasteiger partial charge in [0.25, 0.3) is 0 Å². The fourth-order valence-electron chi connectivity index (χ4n) is 1.43. The van der Waals surface area contributed by atoms with Crippen molar-refractivity contribution in [2.75, 3.05) is 5.32 Å². The molecule has 0 saturated heterocycles. The fourth-order valence-corrected chi connectivity index (χ4v) is 1.56. The first-order valence-electron chi connectivity index (χ1n) is 5.08. The van der Waals surface area contributed by atoms with E-state index in [1.54, 1.807) is 12.1 Å². The van der Waals surface area contributed by atoms with Gasteiger partial charge in [-0.1, -0.05) is 23.7 Å². The Morgan fingerprint density at radius 3 is 2.35 bits per heavy atom. The van der Waals surface area contributed by atoms with Crippen LogP contribution < -0.4 is 5.32 Å². The molecule has 4 heteroatoms. The van der Waals surface area contributed by atoms with Crippen molar-refractivity contribution in [1.29, 1.82) is 0 Å². The minimum absolute atomic E-state index is 0.279. The normalized spacial score (nSPS) is 10.3. The summed E-state index contributed by atoms with van der Waals surface area (Å²) in [7, 11) is 0. The van der Waals surface area contributed by atoms with E-state index in [0.29, 0.717) is 11.6 Å². The lowest BCUT2D eigenvalue weighted by molar-refractivity contribution is 0.585. The van der Waals surface area contributed by atoms with E-state index in [-0.39, 0.29) is 5.69 Å². The molecule has 17 heavy (non-hydrogen) atoms. The van der Waals surface area contributed by atoms with Crippen LogP contribution in [0.1, 0.15) is 5.56 Å². The number of halogens is 3. The minimum atomic E-state index is -0.598. The molecule has 0 atom stereocenters. The third kappa shape index (κ3) is 3.17. The van der Waals surface area contributed by atoms with Crippen molar-refractivity contribution in [2.45, 2.75) is 6.54 Å². The molecule has 0 aromatic heterocycles. The highest BCUT2D eigenvalue weighted by Crippen LogP contribution is 2.16. The largest absolute Gasteiger partial charge is 0.379 e.